The smallest absolute Gasteiger partial charge is 0.269 e. The van der Waals surface area contributed by atoms with Crippen molar-refractivity contribution in [3.63, 3.8) is 0 Å². The average Bonchev–Trinajstić information content (AvgIpc) is 2.78. The van der Waals surface area contributed by atoms with Crippen LogP contribution in [0.15, 0.2) is 30.6 Å². The maximum absolute atomic E-state index is 10.9. The van der Waals surface area contributed by atoms with Gasteiger partial charge in [0, 0.05) is 18.0 Å². The molecule has 0 bridgehead atoms. The van der Waals surface area contributed by atoms with E-state index in [2.05, 4.69) is 10.1 Å². The Kier molecular flexibility index (Phi) is 2.84. The van der Waals surface area contributed by atoms with Crippen LogP contribution in [0.25, 0.3) is 5.82 Å². The molecule has 0 spiro atoms. The van der Waals surface area contributed by atoms with Gasteiger partial charge in [0.15, 0.2) is 5.82 Å². The lowest BCUT2D eigenvalue weighted by Crippen LogP contribution is -2.13. The Hall–Kier alpha value is -2.28. The van der Waals surface area contributed by atoms with Crippen molar-refractivity contribution in [1.82, 2.24) is 14.8 Å². The normalized spacial score (nSPS) is 10.1. The van der Waals surface area contributed by atoms with Gasteiger partial charge in [0.1, 0.15) is 10.7 Å². The molecule has 0 saturated heterocycles. The second kappa shape index (κ2) is 4.30. The van der Waals surface area contributed by atoms with E-state index >= 15 is 0 Å². The number of nitrogens with zero attached hydrogens (tertiary/aromatic N) is 3. The largest absolute Gasteiger partial charge is 0.389 e. The first-order chi connectivity index (χ1) is 8.08. The van der Waals surface area contributed by atoms with Crippen LogP contribution in [0.5, 0.6) is 0 Å². The SMILES string of the molecule is NC(=O)c1ccn(-c2cc(C(N)=S)ccn2)n1. The maximum Gasteiger partial charge on any atom is 0.269 e. The Morgan fingerprint density at radius 2 is 2.12 bits per heavy atom. The molecule has 0 saturated carbocycles. The highest BCUT2D eigenvalue weighted by molar-refractivity contribution is 7.80. The molecule has 4 N–H and O–H groups in total. The molecule has 0 unspecified atom stereocenters. The number of carbonyl (C=O) groups is 1. The highest BCUT2D eigenvalue weighted by Crippen LogP contribution is 2.07. The van der Waals surface area contributed by atoms with Crippen molar-refractivity contribution in [3.05, 3.63) is 41.9 Å². The minimum Gasteiger partial charge on any atom is -0.389 e. The summed E-state index contributed by atoms with van der Waals surface area (Å²) in [5.74, 6) is -0.0722. The summed E-state index contributed by atoms with van der Waals surface area (Å²) >= 11 is 4.86. The van der Waals surface area contributed by atoms with Crippen molar-refractivity contribution in [2.45, 2.75) is 0 Å². The summed E-state index contributed by atoms with van der Waals surface area (Å²) in [6.07, 6.45) is 3.15. The van der Waals surface area contributed by atoms with E-state index in [9.17, 15) is 4.79 Å². The predicted octanol–water partition coefficient (Wildman–Crippen LogP) is 0.000400. The molecule has 2 aromatic heterocycles. The molecule has 6 nitrogen and oxygen atoms in total. The Morgan fingerprint density at radius 1 is 1.35 bits per heavy atom. The quantitative estimate of drug-likeness (QED) is 0.744. The van der Waals surface area contributed by atoms with E-state index in [-0.39, 0.29) is 10.7 Å². The van der Waals surface area contributed by atoms with Gasteiger partial charge in [-0.25, -0.2) is 9.67 Å². The van der Waals surface area contributed by atoms with Crippen LogP contribution in [-0.2, 0) is 0 Å². The highest BCUT2D eigenvalue weighted by atomic mass is 32.1. The van der Waals surface area contributed by atoms with Gasteiger partial charge >= 0.3 is 0 Å². The number of pyridine rings is 1. The van der Waals surface area contributed by atoms with Gasteiger partial charge in [-0.2, -0.15) is 5.10 Å². The van der Waals surface area contributed by atoms with Gasteiger partial charge < -0.3 is 11.5 Å². The number of primary amides is 1. The molecular formula is C10H9N5OS. The van der Waals surface area contributed by atoms with Crippen LogP contribution >= 0.6 is 12.2 Å². The standard InChI is InChI=1S/C10H9N5OS/c11-9(16)7-2-4-15(14-7)8-5-6(10(12)17)1-3-13-8/h1-5H,(H2,11,16)(H2,12,17). The van der Waals surface area contributed by atoms with Crippen molar-refractivity contribution in [2.24, 2.45) is 11.5 Å². The topological polar surface area (TPSA) is 99.8 Å². The average molecular weight is 247 g/mol. The number of amides is 1. The fourth-order valence-electron chi connectivity index (χ4n) is 1.28. The minimum atomic E-state index is -0.589. The first kappa shape index (κ1) is 11.2. The number of hydrogen-bond acceptors (Lipinski definition) is 4. The van der Waals surface area contributed by atoms with E-state index in [1.807, 2.05) is 0 Å². The third-order valence-corrected chi connectivity index (χ3v) is 2.34. The summed E-state index contributed by atoms with van der Waals surface area (Å²) in [6, 6.07) is 4.89. The zero-order chi connectivity index (χ0) is 12.4. The zero-order valence-corrected chi connectivity index (χ0v) is 9.52. The summed E-state index contributed by atoms with van der Waals surface area (Å²) in [7, 11) is 0. The molecule has 1 amide bonds. The first-order valence-corrected chi connectivity index (χ1v) is 5.10. The van der Waals surface area contributed by atoms with Gasteiger partial charge in [-0.1, -0.05) is 12.2 Å². The van der Waals surface area contributed by atoms with Crippen molar-refractivity contribution in [1.29, 1.82) is 0 Å². The summed E-state index contributed by atoms with van der Waals surface area (Å²) in [4.78, 5) is 15.3. The molecule has 86 valence electrons. The molecule has 17 heavy (non-hydrogen) atoms. The van der Waals surface area contributed by atoms with Crippen LogP contribution in [0.1, 0.15) is 16.1 Å². The lowest BCUT2D eigenvalue weighted by molar-refractivity contribution is 0.0995. The van der Waals surface area contributed by atoms with Gasteiger partial charge in [-0.3, -0.25) is 4.79 Å². The van der Waals surface area contributed by atoms with Gasteiger partial charge in [-0.15, -0.1) is 0 Å². The van der Waals surface area contributed by atoms with Gasteiger partial charge in [0.25, 0.3) is 5.91 Å². The van der Waals surface area contributed by atoms with Crippen molar-refractivity contribution in [2.75, 3.05) is 0 Å². The van der Waals surface area contributed by atoms with E-state index in [0.717, 1.165) is 0 Å². The molecular weight excluding hydrogens is 238 g/mol. The van der Waals surface area contributed by atoms with Crippen LogP contribution in [0.2, 0.25) is 0 Å². The Bertz CT molecular complexity index is 592. The number of nitrogens with two attached hydrogens (primary N) is 2. The van der Waals surface area contributed by atoms with Gasteiger partial charge in [0.2, 0.25) is 0 Å². The number of carbonyl (C=O) groups excluding carboxylic acids is 1. The Balaban J connectivity index is 2.42. The molecule has 2 rings (SSSR count). The molecule has 7 heteroatoms. The van der Waals surface area contributed by atoms with Gasteiger partial charge in [-0.05, 0) is 18.2 Å². The van der Waals surface area contributed by atoms with Crippen LogP contribution < -0.4 is 11.5 Å². The lowest BCUT2D eigenvalue weighted by atomic mass is 10.2. The lowest BCUT2D eigenvalue weighted by Gasteiger charge is -2.02. The van der Waals surface area contributed by atoms with Crippen molar-refractivity contribution in [3.8, 4) is 5.82 Å². The second-order valence-electron chi connectivity index (χ2n) is 3.28. The van der Waals surface area contributed by atoms with Crippen LogP contribution in [0.4, 0.5) is 0 Å². The monoisotopic (exact) mass is 247 g/mol. The fourth-order valence-corrected chi connectivity index (χ4v) is 1.41. The van der Waals surface area contributed by atoms with Crippen molar-refractivity contribution < 1.29 is 4.79 Å². The molecule has 2 aromatic rings. The van der Waals surface area contributed by atoms with Gasteiger partial charge in [0.05, 0.1) is 0 Å². The highest BCUT2D eigenvalue weighted by Gasteiger charge is 2.07. The summed E-state index contributed by atoms with van der Waals surface area (Å²) < 4.78 is 1.43. The number of hydrogen-bond donors (Lipinski definition) is 2. The summed E-state index contributed by atoms with van der Waals surface area (Å²) in [5.41, 5.74) is 11.5. The molecule has 2 heterocycles. The second-order valence-corrected chi connectivity index (χ2v) is 3.72. The maximum atomic E-state index is 10.9. The molecule has 0 aromatic carbocycles. The van der Waals surface area contributed by atoms with Crippen LogP contribution in [0, 0.1) is 0 Å². The summed E-state index contributed by atoms with van der Waals surface area (Å²) in [5, 5.41) is 3.98. The predicted molar refractivity (Wildman–Crippen MR) is 65.8 cm³/mol. The van der Waals surface area contributed by atoms with E-state index in [4.69, 9.17) is 23.7 Å². The molecule has 0 aliphatic rings. The fraction of sp³-hybridized carbons (Fsp3) is 0. The third kappa shape index (κ3) is 2.28. The molecule has 0 atom stereocenters. The summed E-state index contributed by atoms with van der Waals surface area (Å²) in [6.45, 7) is 0. The molecule has 0 aliphatic carbocycles. The third-order valence-electron chi connectivity index (χ3n) is 2.11. The number of aromatic nitrogens is 3. The molecule has 0 radical (unpaired) electrons. The zero-order valence-electron chi connectivity index (χ0n) is 8.70. The Labute approximate surface area is 102 Å². The van der Waals surface area contributed by atoms with E-state index < -0.39 is 5.91 Å². The van der Waals surface area contributed by atoms with E-state index in [1.165, 1.54) is 10.7 Å². The minimum absolute atomic E-state index is 0.174. The van der Waals surface area contributed by atoms with E-state index in [0.29, 0.717) is 11.4 Å². The Morgan fingerprint density at radius 3 is 2.71 bits per heavy atom. The molecule has 0 fully saturated rings. The van der Waals surface area contributed by atoms with Crippen molar-refractivity contribution >= 4 is 23.1 Å². The number of rotatable bonds is 3. The number of thiocarbonyl (C=S) groups is 1. The first-order valence-electron chi connectivity index (χ1n) is 4.69. The van der Waals surface area contributed by atoms with E-state index in [1.54, 1.807) is 24.5 Å². The van der Waals surface area contributed by atoms with Crippen LogP contribution in [0.3, 0.4) is 0 Å². The van der Waals surface area contributed by atoms with Crippen LogP contribution in [-0.4, -0.2) is 25.7 Å². The molecule has 0 aliphatic heterocycles.